The highest BCUT2D eigenvalue weighted by Gasteiger charge is 2.17. The van der Waals surface area contributed by atoms with Gasteiger partial charge in [-0.1, -0.05) is 11.6 Å². The Morgan fingerprint density at radius 2 is 2.00 bits per heavy atom. The maximum Gasteiger partial charge on any atom is 0.292 e. The number of nitro groups is 1. The summed E-state index contributed by atoms with van der Waals surface area (Å²) in [6, 6.07) is 9.57. The lowest BCUT2D eigenvalue weighted by Crippen LogP contribution is -2.33. The van der Waals surface area contributed by atoms with Crippen LogP contribution in [0.15, 0.2) is 42.5 Å². The maximum atomic E-state index is 12.8. The van der Waals surface area contributed by atoms with E-state index in [1.165, 1.54) is 42.5 Å². The van der Waals surface area contributed by atoms with E-state index in [0.717, 1.165) is 0 Å². The first-order valence-corrected chi connectivity index (χ1v) is 8.03. The van der Waals surface area contributed by atoms with Gasteiger partial charge >= 0.3 is 0 Å². The Morgan fingerprint density at radius 1 is 1.31 bits per heavy atom. The number of ether oxygens (including phenoxy) is 1. The molecule has 0 heterocycles. The minimum Gasteiger partial charge on any atom is -0.492 e. The molecule has 0 aliphatic heterocycles. The number of carbonyl (C=O) groups excluding carboxylic acids is 1. The molecule has 1 amide bonds. The SMILES string of the molecule is CN(CCOc1ccc(F)cc1)CC(=O)Nc1cc(Cl)ccc1[N+](=O)[O-]. The molecule has 0 aromatic heterocycles. The van der Waals surface area contributed by atoms with E-state index >= 15 is 0 Å². The Labute approximate surface area is 154 Å². The minimum atomic E-state index is -0.591. The number of hydrogen-bond donors (Lipinski definition) is 1. The molecule has 0 saturated carbocycles. The largest absolute Gasteiger partial charge is 0.492 e. The molecule has 0 atom stereocenters. The summed E-state index contributed by atoms with van der Waals surface area (Å²) in [4.78, 5) is 24.2. The lowest BCUT2D eigenvalue weighted by atomic mass is 10.2. The number of hydrogen-bond acceptors (Lipinski definition) is 5. The lowest BCUT2D eigenvalue weighted by molar-refractivity contribution is -0.383. The molecule has 0 aliphatic carbocycles. The second-order valence-corrected chi connectivity index (χ2v) is 5.94. The second kappa shape index (κ2) is 9.12. The molecule has 0 saturated heterocycles. The van der Waals surface area contributed by atoms with Crippen LogP contribution in [-0.4, -0.2) is 42.5 Å². The summed E-state index contributed by atoms with van der Waals surface area (Å²) in [5, 5.41) is 13.8. The first-order valence-electron chi connectivity index (χ1n) is 7.66. The third kappa shape index (κ3) is 5.98. The van der Waals surface area contributed by atoms with Gasteiger partial charge in [0, 0.05) is 17.6 Å². The van der Waals surface area contributed by atoms with Crippen molar-refractivity contribution >= 4 is 28.9 Å². The van der Waals surface area contributed by atoms with Crippen molar-refractivity contribution < 1.29 is 18.8 Å². The summed E-state index contributed by atoms with van der Waals surface area (Å²) < 4.78 is 18.3. The van der Waals surface area contributed by atoms with Crippen LogP contribution in [0.2, 0.25) is 5.02 Å². The molecule has 0 unspecified atom stereocenters. The quantitative estimate of drug-likeness (QED) is 0.560. The molecular formula is C17H17ClFN3O4. The molecule has 2 aromatic carbocycles. The molecule has 0 fully saturated rings. The van der Waals surface area contributed by atoms with E-state index < -0.39 is 10.8 Å². The number of amides is 1. The van der Waals surface area contributed by atoms with Crippen LogP contribution in [0.4, 0.5) is 15.8 Å². The normalized spacial score (nSPS) is 10.6. The van der Waals surface area contributed by atoms with Crippen molar-refractivity contribution in [2.45, 2.75) is 0 Å². The predicted molar refractivity (Wildman–Crippen MR) is 96.1 cm³/mol. The first kappa shape index (κ1) is 19.6. The fourth-order valence-corrected chi connectivity index (χ4v) is 2.30. The van der Waals surface area contributed by atoms with Crippen molar-refractivity contribution in [3.63, 3.8) is 0 Å². The maximum absolute atomic E-state index is 12.8. The van der Waals surface area contributed by atoms with Crippen LogP contribution in [0.1, 0.15) is 0 Å². The van der Waals surface area contributed by atoms with Gasteiger partial charge in [-0.25, -0.2) is 4.39 Å². The minimum absolute atomic E-state index is 0.0104. The molecule has 9 heteroatoms. The second-order valence-electron chi connectivity index (χ2n) is 5.51. The van der Waals surface area contributed by atoms with E-state index in [9.17, 15) is 19.3 Å². The average Bonchev–Trinajstić information content (AvgIpc) is 2.56. The Bertz CT molecular complexity index is 786. The number of nitro benzene ring substituents is 1. The summed E-state index contributed by atoms with van der Waals surface area (Å²) in [6.45, 7) is 0.742. The van der Waals surface area contributed by atoms with Crippen LogP contribution < -0.4 is 10.1 Å². The number of halogens is 2. The zero-order valence-corrected chi connectivity index (χ0v) is 14.7. The summed E-state index contributed by atoms with van der Waals surface area (Å²) in [6.07, 6.45) is 0. The summed E-state index contributed by atoms with van der Waals surface area (Å²) in [5.74, 6) is -0.236. The van der Waals surface area contributed by atoms with E-state index in [1.54, 1.807) is 11.9 Å². The topological polar surface area (TPSA) is 84.7 Å². The van der Waals surface area contributed by atoms with Crippen molar-refractivity contribution in [2.75, 3.05) is 32.1 Å². The van der Waals surface area contributed by atoms with Gasteiger partial charge in [0.2, 0.25) is 5.91 Å². The van der Waals surface area contributed by atoms with Gasteiger partial charge in [0.25, 0.3) is 5.69 Å². The fourth-order valence-electron chi connectivity index (χ4n) is 2.13. The lowest BCUT2D eigenvalue weighted by Gasteiger charge is -2.16. The van der Waals surface area contributed by atoms with Gasteiger partial charge in [-0.15, -0.1) is 0 Å². The van der Waals surface area contributed by atoms with Crippen molar-refractivity contribution in [2.24, 2.45) is 0 Å². The van der Waals surface area contributed by atoms with E-state index in [-0.39, 0.29) is 28.8 Å². The van der Waals surface area contributed by atoms with Crippen molar-refractivity contribution in [3.05, 3.63) is 63.4 Å². The van der Waals surface area contributed by atoms with Crippen LogP contribution >= 0.6 is 11.6 Å². The van der Waals surface area contributed by atoms with E-state index in [4.69, 9.17) is 16.3 Å². The molecule has 2 aromatic rings. The third-order valence-electron chi connectivity index (χ3n) is 3.40. The summed E-state index contributed by atoms with van der Waals surface area (Å²) in [5.41, 5.74) is -0.187. The van der Waals surface area contributed by atoms with E-state index in [0.29, 0.717) is 18.9 Å². The average molecular weight is 382 g/mol. The number of carbonyl (C=O) groups is 1. The highest BCUT2D eigenvalue weighted by molar-refractivity contribution is 6.31. The first-order chi connectivity index (χ1) is 12.3. The van der Waals surface area contributed by atoms with Crippen LogP contribution in [0.3, 0.4) is 0 Å². The number of nitrogens with zero attached hydrogens (tertiary/aromatic N) is 2. The van der Waals surface area contributed by atoms with Crippen molar-refractivity contribution in [3.8, 4) is 5.75 Å². The van der Waals surface area contributed by atoms with Gasteiger partial charge in [-0.2, -0.15) is 0 Å². The fraction of sp³-hybridized carbons (Fsp3) is 0.235. The van der Waals surface area contributed by atoms with Crippen LogP contribution in [0, 0.1) is 15.9 Å². The number of benzene rings is 2. The Hall–Kier alpha value is -2.71. The zero-order valence-electron chi connectivity index (χ0n) is 13.9. The molecule has 2 rings (SSSR count). The molecule has 0 spiro atoms. The van der Waals surface area contributed by atoms with Gasteiger partial charge in [0.15, 0.2) is 0 Å². The molecule has 138 valence electrons. The molecule has 1 N–H and O–H groups in total. The van der Waals surface area contributed by atoms with Crippen LogP contribution in [-0.2, 0) is 4.79 Å². The van der Waals surface area contributed by atoms with Gasteiger partial charge in [-0.05, 0) is 43.4 Å². The van der Waals surface area contributed by atoms with Crippen LogP contribution in [0.5, 0.6) is 5.75 Å². The predicted octanol–water partition coefficient (Wildman–Crippen LogP) is 3.34. The van der Waals surface area contributed by atoms with Crippen molar-refractivity contribution in [1.29, 1.82) is 0 Å². The van der Waals surface area contributed by atoms with Crippen LogP contribution in [0.25, 0.3) is 0 Å². The molecule has 0 aliphatic rings. The van der Waals surface area contributed by atoms with E-state index in [1.807, 2.05) is 0 Å². The highest BCUT2D eigenvalue weighted by atomic mass is 35.5. The number of likely N-dealkylation sites (N-methyl/N-ethyl adjacent to an activating group) is 1. The summed E-state index contributed by atoms with van der Waals surface area (Å²) >= 11 is 5.82. The third-order valence-corrected chi connectivity index (χ3v) is 3.63. The van der Waals surface area contributed by atoms with E-state index in [2.05, 4.69) is 5.32 Å². The smallest absolute Gasteiger partial charge is 0.292 e. The Kier molecular flexibility index (Phi) is 6.88. The number of nitrogens with one attached hydrogen (secondary N) is 1. The zero-order chi connectivity index (χ0) is 19.1. The summed E-state index contributed by atoms with van der Waals surface area (Å²) in [7, 11) is 1.71. The van der Waals surface area contributed by atoms with Gasteiger partial charge in [0.1, 0.15) is 23.9 Å². The Balaban J connectivity index is 1.83. The monoisotopic (exact) mass is 381 g/mol. The number of anilines is 1. The van der Waals surface area contributed by atoms with Gasteiger partial charge in [-0.3, -0.25) is 19.8 Å². The molecule has 0 radical (unpaired) electrons. The molecule has 7 nitrogen and oxygen atoms in total. The van der Waals surface area contributed by atoms with Gasteiger partial charge in [0.05, 0.1) is 11.5 Å². The molecule has 26 heavy (non-hydrogen) atoms. The van der Waals surface area contributed by atoms with Gasteiger partial charge < -0.3 is 10.1 Å². The molecule has 0 bridgehead atoms. The number of rotatable bonds is 8. The standard InChI is InChI=1S/C17H17ClFN3O4/c1-21(8-9-26-14-5-3-13(19)4-6-14)11-17(23)20-15-10-12(18)2-7-16(15)22(24)25/h2-7,10H,8-9,11H2,1H3,(H,20,23). The van der Waals surface area contributed by atoms with Crippen molar-refractivity contribution in [1.82, 2.24) is 4.90 Å². The highest BCUT2D eigenvalue weighted by Crippen LogP contribution is 2.27. The molecular weight excluding hydrogens is 365 g/mol. The Morgan fingerprint density at radius 3 is 2.65 bits per heavy atom.